The molecular formula is C16H15ClF3N3O2. The third-order valence-electron chi connectivity index (χ3n) is 3.54. The molecule has 1 aromatic carbocycles. The first-order valence-corrected chi connectivity index (χ1v) is 7.77. The van der Waals surface area contributed by atoms with E-state index < -0.39 is 12.1 Å². The van der Waals surface area contributed by atoms with Crippen molar-refractivity contribution >= 4 is 17.6 Å². The van der Waals surface area contributed by atoms with Crippen LogP contribution >= 0.6 is 11.6 Å². The van der Waals surface area contributed by atoms with Gasteiger partial charge in [-0.15, -0.1) is 0 Å². The van der Waals surface area contributed by atoms with Gasteiger partial charge in [-0.1, -0.05) is 23.7 Å². The second kappa shape index (κ2) is 7.69. The lowest BCUT2D eigenvalue weighted by atomic mass is 10.1. The lowest BCUT2D eigenvalue weighted by Gasteiger charge is -2.22. The summed E-state index contributed by atoms with van der Waals surface area (Å²) >= 11 is 5.92. The molecule has 0 bridgehead atoms. The van der Waals surface area contributed by atoms with Gasteiger partial charge < -0.3 is 9.67 Å². The molecule has 5 nitrogen and oxygen atoms in total. The van der Waals surface area contributed by atoms with Gasteiger partial charge in [0.1, 0.15) is 11.3 Å². The number of hydrogen-bond donors (Lipinski definition) is 2. The number of halogens is 4. The number of fused-ring (bicyclic) bond motifs is 1. The molecule has 2 heterocycles. The summed E-state index contributed by atoms with van der Waals surface area (Å²) in [4.78, 5) is 13.2. The molecule has 0 aliphatic carbocycles. The Bertz CT molecular complexity index is 817. The summed E-state index contributed by atoms with van der Waals surface area (Å²) in [5.74, 6) is -1.73. The molecule has 3 rings (SSSR count). The lowest BCUT2D eigenvalue weighted by molar-refractivity contribution is -0.192. The number of rotatable bonds is 1. The van der Waals surface area contributed by atoms with Crippen molar-refractivity contribution in [2.75, 3.05) is 0 Å². The third-order valence-corrected chi connectivity index (χ3v) is 3.79. The van der Waals surface area contributed by atoms with Gasteiger partial charge >= 0.3 is 12.1 Å². The zero-order valence-electron chi connectivity index (χ0n) is 13.0. The van der Waals surface area contributed by atoms with Crippen LogP contribution in [0, 0.1) is 5.41 Å². The van der Waals surface area contributed by atoms with Gasteiger partial charge in [-0.3, -0.25) is 5.41 Å². The molecule has 0 saturated heterocycles. The summed E-state index contributed by atoms with van der Waals surface area (Å²) in [5, 5.41) is 15.7. The summed E-state index contributed by atoms with van der Waals surface area (Å²) in [7, 11) is 0. The molecule has 9 heteroatoms. The van der Waals surface area contributed by atoms with E-state index in [4.69, 9.17) is 26.9 Å². The first kappa shape index (κ1) is 19.0. The number of aliphatic carboxylic acids is 1. The smallest absolute Gasteiger partial charge is 0.475 e. The summed E-state index contributed by atoms with van der Waals surface area (Å²) in [6, 6.07) is 9.60. The number of carbonyl (C=O) groups is 1. The lowest BCUT2D eigenvalue weighted by Crippen LogP contribution is -2.22. The minimum atomic E-state index is -5.08. The average molecular weight is 374 g/mol. The number of nitrogens with one attached hydrogen (secondary N) is 1. The zero-order chi connectivity index (χ0) is 18.6. The van der Waals surface area contributed by atoms with Gasteiger partial charge in [0, 0.05) is 24.1 Å². The molecule has 2 N–H and O–H groups in total. The fourth-order valence-electron chi connectivity index (χ4n) is 2.43. The molecule has 134 valence electrons. The quantitative estimate of drug-likeness (QED) is 0.800. The maximum Gasteiger partial charge on any atom is 0.490 e. The Morgan fingerprint density at radius 3 is 2.40 bits per heavy atom. The van der Waals surface area contributed by atoms with Gasteiger partial charge in [0.2, 0.25) is 0 Å². The molecule has 1 aliphatic heterocycles. The van der Waals surface area contributed by atoms with Crippen molar-refractivity contribution in [2.45, 2.75) is 32.0 Å². The SMILES string of the molecule is N=c1cc(-c2ccc(Cl)cc2)n2c(n1)CCCC2.O=C(O)C(F)(F)F. The van der Waals surface area contributed by atoms with Crippen LogP contribution in [0.15, 0.2) is 30.3 Å². The number of benzene rings is 1. The highest BCUT2D eigenvalue weighted by molar-refractivity contribution is 6.30. The molecule has 0 spiro atoms. The van der Waals surface area contributed by atoms with Crippen molar-refractivity contribution in [2.24, 2.45) is 0 Å². The number of nitrogens with zero attached hydrogens (tertiary/aromatic N) is 2. The molecule has 0 fully saturated rings. The highest BCUT2D eigenvalue weighted by atomic mass is 35.5. The van der Waals surface area contributed by atoms with Crippen LogP contribution in [0.4, 0.5) is 13.2 Å². The summed E-state index contributed by atoms with van der Waals surface area (Å²) in [6.45, 7) is 0.987. The van der Waals surface area contributed by atoms with Crippen LogP contribution in [0.3, 0.4) is 0 Å². The van der Waals surface area contributed by atoms with Crippen LogP contribution in [-0.4, -0.2) is 26.8 Å². The molecule has 0 atom stereocenters. The number of aromatic nitrogens is 2. The molecule has 0 radical (unpaired) electrons. The second-order valence-electron chi connectivity index (χ2n) is 5.36. The van der Waals surface area contributed by atoms with Crippen LogP contribution < -0.4 is 5.49 Å². The Labute approximate surface area is 146 Å². The van der Waals surface area contributed by atoms with E-state index in [1.165, 1.54) is 6.42 Å². The van der Waals surface area contributed by atoms with Gasteiger partial charge in [-0.2, -0.15) is 13.2 Å². The van der Waals surface area contributed by atoms with Crippen molar-refractivity contribution in [3.05, 3.63) is 46.7 Å². The van der Waals surface area contributed by atoms with Crippen LogP contribution in [0.2, 0.25) is 5.02 Å². The normalized spacial score (nSPS) is 13.4. The molecule has 1 aliphatic rings. The number of alkyl halides is 3. The summed E-state index contributed by atoms with van der Waals surface area (Å²) in [5.41, 5.74) is 2.51. The fraction of sp³-hybridized carbons (Fsp3) is 0.312. The van der Waals surface area contributed by atoms with Crippen molar-refractivity contribution in [1.82, 2.24) is 9.55 Å². The highest BCUT2D eigenvalue weighted by Gasteiger charge is 2.38. The van der Waals surface area contributed by atoms with E-state index in [9.17, 15) is 13.2 Å². The van der Waals surface area contributed by atoms with Crippen molar-refractivity contribution in [3.8, 4) is 11.3 Å². The largest absolute Gasteiger partial charge is 0.490 e. The van der Waals surface area contributed by atoms with E-state index >= 15 is 0 Å². The average Bonchev–Trinajstić information content (AvgIpc) is 2.54. The molecule has 0 unspecified atom stereocenters. The maximum atomic E-state index is 10.6. The minimum absolute atomic E-state index is 0.341. The second-order valence-corrected chi connectivity index (χ2v) is 5.80. The Kier molecular flexibility index (Phi) is 5.84. The number of carboxylic acid groups (broad SMARTS) is 1. The van der Waals surface area contributed by atoms with E-state index in [0.29, 0.717) is 5.49 Å². The molecule has 1 aromatic heterocycles. The Hall–Kier alpha value is -2.35. The Balaban J connectivity index is 0.000000277. The number of carboxylic acids is 1. The Morgan fingerprint density at radius 2 is 1.84 bits per heavy atom. The van der Waals surface area contributed by atoms with Gasteiger partial charge in [-0.05, 0) is 30.5 Å². The van der Waals surface area contributed by atoms with E-state index in [1.807, 2.05) is 30.3 Å². The fourth-order valence-corrected chi connectivity index (χ4v) is 2.56. The van der Waals surface area contributed by atoms with Gasteiger partial charge in [0.15, 0.2) is 0 Å². The minimum Gasteiger partial charge on any atom is -0.475 e. The molecule has 2 aromatic rings. The van der Waals surface area contributed by atoms with E-state index in [1.54, 1.807) is 0 Å². The molecule has 25 heavy (non-hydrogen) atoms. The first-order chi connectivity index (χ1) is 11.7. The molecule has 0 amide bonds. The summed E-state index contributed by atoms with van der Waals surface area (Å²) < 4.78 is 34.0. The highest BCUT2D eigenvalue weighted by Crippen LogP contribution is 2.24. The van der Waals surface area contributed by atoms with E-state index in [2.05, 4.69) is 9.55 Å². The predicted molar refractivity (Wildman–Crippen MR) is 85.2 cm³/mol. The van der Waals surface area contributed by atoms with Crippen LogP contribution in [0.25, 0.3) is 11.3 Å². The van der Waals surface area contributed by atoms with Crippen molar-refractivity contribution in [3.63, 3.8) is 0 Å². The topological polar surface area (TPSA) is 79.0 Å². The number of aryl methyl sites for hydroxylation is 1. The standard InChI is InChI=1S/C14H14ClN3.C2HF3O2/c15-11-6-4-10(5-7-11)12-9-13(16)17-14-3-1-2-8-18(12)14;3-2(4,5)1(6)7/h4-7,9,16H,1-3,8H2;(H,6,7). The summed E-state index contributed by atoms with van der Waals surface area (Å²) in [6.07, 6.45) is -1.78. The van der Waals surface area contributed by atoms with Crippen LogP contribution in [-0.2, 0) is 17.8 Å². The monoisotopic (exact) mass is 373 g/mol. The van der Waals surface area contributed by atoms with Gasteiger partial charge in [0.25, 0.3) is 0 Å². The van der Waals surface area contributed by atoms with E-state index in [-0.39, 0.29) is 0 Å². The Morgan fingerprint density at radius 1 is 1.24 bits per heavy atom. The van der Waals surface area contributed by atoms with Gasteiger partial charge in [-0.25, -0.2) is 9.78 Å². The van der Waals surface area contributed by atoms with Gasteiger partial charge in [0.05, 0.1) is 5.69 Å². The molecule has 0 saturated carbocycles. The third kappa shape index (κ3) is 5.06. The van der Waals surface area contributed by atoms with E-state index in [0.717, 1.165) is 41.5 Å². The first-order valence-electron chi connectivity index (χ1n) is 7.40. The predicted octanol–water partition coefficient (Wildman–Crippen LogP) is 3.65. The van der Waals surface area contributed by atoms with Crippen LogP contribution in [0.1, 0.15) is 18.7 Å². The molecular weight excluding hydrogens is 359 g/mol. The number of hydrogen-bond acceptors (Lipinski definition) is 3. The van der Waals surface area contributed by atoms with Crippen molar-refractivity contribution < 1.29 is 23.1 Å². The van der Waals surface area contributed by atoms with Crippen LogP contribution in [0.5, 0.6) is 0 Å². The van der Waals surface area contributed by atoms with Crippen molar-refractivity contribution in [1.29, 1.82) is 5.41 Å². The zero-order valence-corrected chi connectivity index (χ0v) is 13.7. The maximum absolute atomic E-state index is 10.6.